The third-order valence-electron chi connectivity index (χ3n) is 13.7. The predicted octanol–water partition coefficient (Wildman–Crippen LogP) is 22.2. The maximum Gasteiger partial charge on any atom is 0.306 e. The van der Waals surface area contributed by atoms with Gasteiger partial charge in [-0.2, -0.15) is 0 Å². The molecule has 0 bridgehead atoms. The maximum atomic E-state index is 12.9. The minimum absolute atomic E-state index is 0.0958. The normalized spacial score (nSPS) is 12.8. The number of carbonyl (C=O) groups excluding carboxylic acids is 3. The second-order valence-electron chi connectivity index (χ2n) is 21.3. The number of hydrogen-bond acceptors (Lipinski definition) is 6. The van der Waals surface area contributed by atoms with Gasteiger partial charge >= 0.3 is 17.9 Å². The lowest BCUT2D eigenvalue weighted by Gasteiger charge is -2.18. The first-order valence-corrected chi connectivity index (χ1v) is 32.4. The molecule has 0 saturated carbocycles. The lowest BCUT2D eigenvalue weighted by atomic mass is 10.1. The summed E-state index contributed by atoms with van der Waals surface area (Å²) in [6, 6.07) is 0. The average molecular weight is 1070 g/mol. The molecule has 0 aliphatic rings. The van der Waals surface area contributed by atoms with Gasteiger partial charge in [0.1, 0.15) is 13.2 Å². The van der Waals surface area contributed by atoms with Gasteiger partial charge in [0.15, 0.2) is 6.10 Å². The molecule has 440 valence electrons. The standard InChI is InChI=1S/C71H120O6/c1-4-7-10-13-16-19-22-25-28-31-34-35-38-40-43-46-49-52-55-58-61-64-70(73)76-67-68(77-71(74)65-62-59-56-53-50-47-44-41-37-33-30-27-24-21-18-15-12-9-6-3)66-75-69(72)63-60-57-54-51-48-45-42-39-36-32-29-26-23-20-17-14-11-8-5-2/h17-18,20-22,25-27,29-31,34,36-41,68H,4-16,19,23-24,28,32-33,35,42-67H2,1-3H3/b20-17-,21-18-,25-22-,29-26-,30-27-,34-31-,39-36-,40-38-,41-37-. The first-order valence-electron chi connectivity index (χ1n) is 32.4. The molecule has 0 heterocycles. The van der Waals surface area contributed by atoms with Gasteiger partial charge in [0.25, 0.3) is 0 Å². The smallest absolute Gasteiger partial charge is 0.306 e. The van der Waals surface area contributed by atoms with E-state index in [-0.39, 0.29) is 31.1 Å². The highest BCUT2D eigenvalue weighted by Gasteiger charge is 2.19. The van der Waals surface area contributed by atoms with E-state index in [4.69, 9.17) is 14.2 Å². The zero-order valence-corrected chi connectivity index (χ0v) is 50.4. The second kappa shape index (κ2) is 64.6. The third kappa shape index (κ3) is 62.8. The van der Waals surface area contributed by atoms with E-state index in [1.54, 1.807) is 0 Å². The van der Waals surface area contributed by atoms with Crippen molar-refractivity contribution < 1.29 is 28.6 Å². The lowest BCUT2D eigenvalue weighted by molar-refractivity contribution is -0.167. The average Bonchev–Trinajstić information content (AvgIpc) is 3.43. The van der Waals surface area contributed by atoms with Crippen molar-refractivity contribution in [2.75, 3.05) is 13.2 Å². The highest BCUT2D eigenvalue weighted by molar-refractivity contribution is 5.71. The Labute approximate surface area is 476 Å². The number of unbranched alkanes of at least 4 members (excludes halogenated alkanes) is 29. The molecule has 0 aliphatic carbocycles. The molecule has 0 aromatic heterocycles. The van der Waals surface area contributed by atoms with Crippen LogP contribution in [-0.4, -0.2) is 37.2 Å². The number of allylic oxidation sites excluding steroid dienone is 18. The predicted molar refractivity (Wildman–Crippen MR) is 334 cm³/mol. The van der Waals surface area contributed by atoms with E-state index in [2.05, 4.69) is 130 Å². The van der Waals surface area contributed by atoms with E-state index in [1.807, 2.05) is 0 Å². The van der Waals surface area contributed by atoms with Crippen LogP contribution in [0, 0.1) is 0 Å². The Morgan fingerprint density at radius 1 is 0.260 bits per heavy atom. The highest BCUT2D eigenvalue weighted by atomic mass is 16.6. The maximum absolute atomic E-state index is 12.9. The topological polar surface area (TPSA) is 78.9 Å². The number of carbonyl (C=O) groups is 3. The third-order valence-corrected chi connectivity index (χ3v) is 13.7. The Hall–Kier alpha value is -3.93. The molecular weight excluding hydrogens is 949 g/mol. The van der Waals surface area contributed by atoms with E-state index in [1.165, 1.54) is 141 Å². The molecule has 0 saturated heterocycles. The molecule has 0 rings (SSSR count). The van der Waals surface area contributed by atoms with Crippen molar-refractivity contribution in [2.45, 2.75) is 309 Å². The summed E-state index contributed by atoms with van der Waals surface area (Å²) in [6.45, 7) is 6.56. The minimum atomic E-state index is -0.801. The SMILES string of the molecule is CCCCC/C=C\C/C=C\C/C=C\CCCCCCCCC(=O)OCC(COC(=O)CCCCCCCC/C=C\C/C=C\C/C=C\CCCCCCC)OC(=O)CCCCCCCC/C=C\C/C=C\C/C=C\CCCCC. The van der Waals surface area contributed by atoms with Gasteiger partial charge in [0.2, 0.25) is 0 Å². The van der Waals surface area contributed by atoms with Crippen LogP contribution in [0.25, 0.3) is 0 Å². The summed E-state index contributed by atoms with van der Waals surface area (Å²) in [6.07, 6.45) is 87.9. The lowest BCUT2D eigenvalue weighted by Crippen LogP contribution is -2.30. The highest BCUT2D eigenvalue weighted by Crippen LogP contribution is 2.15. The largest absolute Gasteiger partial charge is 0.462 e. The first-order chi connectivity index (χ1) is 38.0. The molecule has 0 amide bonds. The zero-order valence-electron chi connectivity index (χ0n) is 50.4. The van der Waals surface area contributed by atoms with E-state index < -0.39 is 6.10 Å². The Bertz CT molecular complexity index is 1560. The summed E-state index contributed by atoms with van der Waals surface area (Å²) >= 11 is 0. The van der Waals surface area contributed by atoms with Gasteiger partial charge in [0.05, 0.1) is 0 Å². The molecule has 0 aliphatic heterocycles. The molecule has 1 unspecified atom stereocenters. The Kier molecular flexibility index (Phi) is 61.3. The summed E-state index contributed by atoms with van der Waals surface area (Å²) in [5.74, 6) is -0.925. The molecule has 0 N–H and O–H groups in total. The summed E-state index contributed by atoms with van der Waals surface area (Å²) in [7, 11) is 0. The monoisotopic (exact) mass is 1070 g/mol. The van der Waals surface area contributed by atoms with Crippen LogP contribution in [0.3, 0.4) is 0 Å². The van der Waals surface area contributed by atoms with Gasteiger partial charge in [0, 0.05) is 19.3 Å². The molecule has 6 heteroatoms. The van der Waals surface area contributed by atoms with Gasteiger partial charge in [-0.15, -0.1) is 0 Å². The van der Waals surface area contributed by atoms with Crippen molar-refractivity contribution in [2.24, 2.45) is 0 Å². The fourth-order valence-electron chi connectivity index (χ4n) is 8.82. The van der Waals surface area contributed by atoms with Crippen LogP contribution in [0.1, 0.15) is 303 Å². The van der Waals surface area contributed by atoms with Crippen molar-refractivity contribution in [3.05, 3.63) is 109 Å². The van der Waals surface area contributed by atoms with E-state index >= 15 is 0 Å². The number of ether oxygens (including phenoxy) is 3. The fraction of sp³-hybridized carbons (Fsp3) is 0.704. The summed E-state index contributed by atoms with van der Waals surface area (Å²) in [5.41, 5.74) is 0. The summed E-state index contributed by atoms with van der Waals surface area (Å²) < 4.78 is 16.9. The van der Waals surface area contributed by atoms with Crippen LogP contribution >= 0.6 is 0 Å². The van der Waals surface area contributed by atoms with Gasteiger partial charge in [-0.3, -0.25) is 14.4 Å². The van der Waals surface area contributed by atoms with Gasteiger partial charge in [-0.25, -0.2) is 0 Å². The summed E-state index contributed by atoms with van der Waals surface area (Å²) in [4.78, 5) is 38.4. The molecule has 0 fully saturated rings. The second-order valence-corrected chi connectivity index (χ2v) is 21.3. The Balaban J connectivity index is 4.47. The van der Waals surface area contributed by atoms with E-state index in [0.717, 1.165) is 122 Å². The van der Waals surface area contributed by atoms with Crippen molar-refractivity contribution in [3.63, 3.8) is 0 Å². The van der Waals surface area contributed by atoms with Crippen LogP contribution in [0.15, 0.2) is 109 Å². The number of rotatable bonds is 58. The van der Waals surface area contributed by atoms with E-state index in [9.17, 15) is 14.4 Å². The van der Waals surface area contributed by atoms with Gasteiger partial charge < -0.3 is 14.2 Å². The number of esters is 3. The van der Waals surface area contributed by atoms with Crippen LogP contribution in [0.2, 0.25) is 0 Å². The Morgan fingerprint density at radius 2 is 0.468 bits per heavy atom. The molecule has 0 spiro atoms. The van der Waals surface area contributed by atoms with Crippen molar-refractivity contribution in [3.8, 4) is 0 Å². The van der Waals surface area contributed by atoms with Crippen molar-refractivity contribution in [1.82, 2.24) is 0 Å². The van der Waals surface area contributed by atoms with Crippen LogP contribution in [0.4, 0.5) is 0 Å². The molecular formula is C71H120O6. The Morgan fingerprint density at radius 3 is 0.753 bits per heavy atom. The van der Waals surface area contributed by atoms with Crippen molar-refractivity contribution in [1.29, 1.82) is 0 Å². The molecule has 1 atom stereocenters. The van der Waals surface area contributed by atoms with Crippen LogP contribution in [-0.2, 0) is 28.6 Å². The van der Waals surface area contributed by atoms with Crippen molar-refractivity contribution >= 4 is 17.9 Å². The van der Waals surface area contributed by atoms with Crippen LogP contribution in [0.5, 0.6) is 0 Å². The molecule has 77 heavy (non-hydrogen) atoms. The van der Waals surface area contributed by atoms with Crippen LogP contribution < -0.4 is 0 Å². The zero-order chi connectivity index (χ0) is 55.7. The first kappa shape index (κ1) is 73.1. The molecule has 0 aromatic rings. The number of hydrogen-bond donors (Lipinski definition) is 0. The molecule has 0 aromatic carbocycles. The summed E-state index contributed by atoms with van der Waals surface area (Å²) in [5, 5.41) is 0. The van der Waals surface area contributed by atoms with Gasteiger partial charge in [-0.1, -0.05) is 259 Å². The quantitative estimate of drug-likeness (QED) is 0.0261. The molecule has 0 radical (unpaired) electrons. The minimum Gasteiger partial charge on any atom is -0.462 e. The van der Waals surface area contributed by atoms with Gasteiger partial charge in [-0.05, 0) is 135 Å². The van der Waals surface area contributed by atoms with E-state index in [0.29, 0.717) is 19.3 Å². The fourth-order valence-corrected chi connectivity index (χ4v) is 8.82. The molecule has 6 nitrogen and oxygen atoms in total.